The molecule has 6 atom stereocenters. The fourth-order valence-corrected chi connectivity index (χ4v) is 5.48. The zero-order valence-corrected chi connectivity index (χ0v) is 22.9. The number of hydrogen-bond acceptors (Lipinski definition) is 6. The van der Waals surface area contributed by atoms with E-state index in [-0.39, 0.29) is 36.6 Å². The Kier molecular flexibility index (Phi) is 6.98. The summed E-state index contributed by atoms with van der Waals surface area (Å²) in [6.07, 6.45) is -2.12. The van der Waals surface area contributed by atoms with Gasteiger partial charge in [0, 0.05) is 8.95 Å². The van der Waals surface area contributed by atoms with E-state index in [1.165, 1.54) is 0 Å². The number of rotatable bonds is 6. The van der Waals surface area contributed by atoms with Crippen molar-refractivity contribution < 1.29 is 28.4 Å². The molecule has 2 unspecified atom stereocenters. The highest BCUT2D eigenvalue weighted by atomic mass is 79.9. The third-order valence-corrected chi connectivity index (χ3v) is 7.39. The Hall–Kier alpha value is -0.840. The first-order chi connectivity index (χ1) is 16.1. The zero-order chi connectivity index (χ0) is 24.1. The molecular weight excluding hydrogens is 568 g/mol. The molecule has 2 saturated heterocycles. The van der Waals surface area contributed by atoms with Crippen molar-refractivity contribution in [3.8, 4) is 0 Å². The first-order valence-corrected chi connectivity index (χ1v) is 13.1. The summed E-state index contributed by atoms with van der Waals surface area (Å²) in [5, 5.41) is 0. The third-order valence-electron chi connectivity index (χ3n) is 6.33. The van der Waals surface area contributed by atoms with Gasteiger partial charge in [-0.15, -0.1) is 0 Å². The highest BCUT2D eigenvalue weighted by Crippen LogP contribution is 2.46. The Balaban J connectivity index is 1.39. The van der Waals surface area contributed by atoms with Gasteiger partial charge in [-0.05, 0) is 63.1 Å². The summed E-state index contributed by atoms with van der Waals surface area (Å²) in [6, 6.07) is 16.2. The van der Waals surface area contributed by atoms with Gasteiger partial charge in [0.05, 0.1) is 13.2 Å². The number of halogens is 2. The molecule has 0 amide bonds. The summed E-state index contributed by atoms with van der Waals surface area (Å²) >= 11 is 6.97. The molecule has 0 radical (unpaired) electrons. The van der Waals surface area contributed by atoms with Crippen LogP contribution in [-0.4, -0.2) is 48.2 Å². The molecule has 0 aromatic heterocycles. The molecule has 5 rings (SSSR count). The standard InChI is InChI=1S/C26H30Br2O6/c1-25(2)31-21-19(29-13-15-5-9-17(27)10-6-15)23-24(34-26(3,4)33-23)20(22(21)32-25)30-14-16-7-11-18(28)12-8-16/h5-12,19-24H,13-14H2,1-4H3/t19?,20?,21-,22-,23-,24+/m1/s1. The lowest BCUT2D eigenvalue weighted by Gasteiger charge is -2.42. The number of benzene rings is 2. The van der Waals surface area contributed by atoms with Gasteiger partial charge in [0.15, 0.2) is 11.6 Å². The first-order valence-electron chi connectivity index (χ1n) is 11.5. The molecular formula is C26H30Br2O6. The molecule has 0 bridgehead atoms. The number of fused-ring (bicyclic) bond motifs is 2. The van der Waals surface area contributed by atoms with Gasteiger partial charge in [0.1, 0.15) is 36.6 Å². The van der Waals surface area contributed by atoms with Crippen LogP contribution >= 0.6 is 31.9 Å². The summed E-state index contributed by atoms with van der Waals surface area (Å²) in [5.74, 6) is -1.52. The lowest BCUT2D eigenvalue weighted by Crippen LogP contribution is -2.62. The Morgan fingerprint density at radius 1 is 0.588 bits per heavy atom. The van der Waals surface area contributed by atoms with Crippen LogP contribution in [0.1, 0.15) is 38.8 Å². The van der Waals surface area contributed by atoms with E-state index in [1.807, 2.05) is 76.2 Å². The molecule has 2 aliphatic heterocycles. The van der Waals surface area contributed by atoms with Crippen molar-refractivity contribution in [1.82, 2.24) is 0 Å². The van der Waals surface area contributed by atoms with Crippen molar-refractivity contribution in [2.45, 2.75) is 89.1 Å². The lowest BCUT2D eigenvalue weighted by molar-refractivity contribution is -0.191. The monoisotopic (exact) mass is 596 g/mol. The normalized spacial score (nSPS) is 33.5. The van der Waals surface area contributed by atoms with Crippen molar-refractivity contribution in [2.75, 3.05) is 0 Å². The van der Waals surface area contributed by atoms with Crippen molar-refractivity contribution in [3.63, 3.8) is 0 Å². The molecule has 3 fully saturated rings. The zero-order valence-electron chi connectivity index (χ0n) is 19.7. The van der Waals surface area contributed by atoms with Crippen LogP contribution in [0, 0.1) is 0 Å². The Bertz CT molecular complexity index is 884. The van der Waals surface area contributed by atoms with Crippen molar-refractivity contribution in [3.05, 3.63) is 68.6 Å². The maximum Gasteiger partial charge on any atom is 0.164 e. The van der Waals surface area contributed by atoms with E-state index < -0.39 is 11.6 Å². The van der Waals surface area contributed by atoms with E-state index in [9.17, 15) is 0 Å². The molecule has 6 nitrogen and oxygen atoms in total. The predicted octanol–water partition coefficient (Wildman–Crippen LogP) is 5.74. The number of hydrogen-bond donors (Lipinski definition) is 0. The van der Waals surface area contributed by atoms with Gasteiger partial charge in [-0.1, -0.05) is 56.1 Å². The average Bonchev–Trinajstić information content (AvgIpc) is 3.27. The lowest BCUT2D eigenvalue weighted by atomic mass is 9.84. The first kappa shape index (κ1) is 24.8. The molecule has 0 spiro atoms. The highest BCUT2D eigenvalue weighted by molar-refractivity contribution is 9.10. The van der Waals surface area contributed by atoms with Gasteiger partial charge in [-0.2, -0.15) is 0 Å². The third kappa shape index (κ3) is 5.30. The summed E-state index contributed by atoms with van der Waals surface area (Å²) < 4.78 is 40.5. The molecule has 2 aromatic rings. The molecule has 184 valence electrons. The quantitative estimate of drug-likeness (QED) is 0.423. The van der Waals surface area contributed by atoms with Crippen LogP contribution in [0.3, 0.4) is 0 Å². The van der Waals surface area contributed by atoms with Crippen LogP contribution in [0.4, 0.5) is 0 Å². The van der Waals surface area contributed by atoms with Crippen LogP contribution in [0.5, 0.6) is 0 Å². The minimum absolute atomic E-state index is 0.348. The maximum atomic E-state index is 6.46. The summed E-state index contributed by atoms with van der Waals surface area (Å²) in [7, 11) is 0. The van der Waals surface area contributed by atoms with E-state index in [4.69, 9.17) is 28.4 Å². The van der Waals surface area contributed by atoms with Crippen LogP contribution in [-0.2, 0) is 41.6 Å². The van der Waals surface area contributed by atoms with Crippen LogP contribution in [0.15, 0.2) is 57.5 Å². The summed E-state index contributed by atoms with van der Waals surface area (Å²) in [6.45, 7) is 8.55. The topological polar surface area (TPSA) is 55.4 Å². The second-order valence-electron chi connectivity index (χ2n) is 9.93. The minimum atomic E-state index is -0.762. The van der Waals surface area contributed by atoms with Crippen LogP contribution in [0.25, 0.3) is 0 Å². The average molecular weight is 598 g/mol. The highest BCUT2D eigenvalue weighted by Gasteiger charge is 2.64. The number of ether oxygens (including phenoxy) is 6. The largest absolute Gasteiger partial charge is 0.368 e. The second-order valence-corrected chi connectivity index (χ2v) is 11.8. The van der Waals surface area contributed by atoms with Crippen LogP contribution < -0.4 is 0 Å². The molecule has 1 saturated carbocycles. The Labute approximate surface area is 217 Å². The van der Waals surface area contributed by atoms with Crippen LogP contribution in [0.2, 0.25) is 0 Å². The van der Waals surface area contributed by atoms with Gasteiger partial charge in [0.25, 0.3) is 0 Å². The van der Waals surface area contributed by atoms with E-state index in [2.05, 4.69) is 31.9 Å². The van der Waals surface area contributed by atoms with E-state index in [1.54, 1.807) is 0 Å². The molecule has 1 aliphatic carbocycles. The fraction of sp³-hybridized carbons (Fsp3) is 0.538. The molecule has 3 aliphatic rings. The van der Waals surface area contributed by atoms with Crippen molar-refractivity contribution >= 4 is 31.9 Å². The van der Waals surface area contributed by atoms with E-state index >= 15 is 0 Å². The Morgan fingerprint density at radius 3 is 1.18 bits per heavy atom. The van der Waals surface area contributed by atoms with Gasteiger partial charge in [-0.3, -0.25) is 0 Å². The van der Waals surface area contributed by atoms with Gasteiger partial charge in [-0.25, -0.2) is 0 Å². The predicted molar refractivity (Wildman–Crippen MR) is 133 cm³/mol. The Morgan fingerprint density at radius 2 is 0.882 bits per heavy atom. The van der Waals surface area contributed by atoms with Gasteiger partial charge < -0.3 is 28.4 Å². The van der Waals surface area contributed by atoms with Gasteiger partial charge >= 0.3 is 0 Å². The van der Waals surface area contributed by atoms with Crippen molar-refractivity contribution in [1.29, 1.82) is 0 Å². The minimum Gasteiger partial charge on any atom is -0.368 e. The smallest absolute Gasteiger partial charge is 0.164 e. The molecule has 2 aromatic carbocycles. The summed E-state index contributed by atoms with van der Waals surface area (Å²) in [4.78, 5) is 0. The molecule has 34 heavy (non-hydrogen) atoms. The van der Waals surface area contributed by atoms with Crippen molar-refractivity contribution in [2.24, 2.45) is 0 Å². The van der Waals surface area contributed by atoms with E-state index in [0.29, 0.717) is 13.2 Å². The molecule has 2 heterocycles. The SMILES string of the molecule is CC1(C)O[C@@H]2C(OCc3ccc(Br)cc3)[C@H]3OC(C)(C)O[C@H]3C(OCc3ccc(Br)cc3)[C@H]2O1. The molecule has 0 N–H and O–H groups in total. The summed E-state index contributed by atoms with van der Waals surface area (Å²) in [5.41, 5.74) is 2.14. The molecule has 8 heteroatoms. The van der Waals surface area contributed by atoms with E-state index in [0.717, 1.165) is 20.1 Å². The maximum absolute atomic E-state index is 6.46. The van der Waals surface area contributed by atoms with Gasteiger partial charge in [0.2, 0.25) is 0 Å². The fourth-order valence-electron chi connectivity index (χ4n) is 4.95. The second kappa shape index (κ2) is 9.56.